The molecule has 2 rings (SSSR count). The van der Waals surface area contributed by atoms with E-state index in [-0.39, 0.29) is 19.1 Å². The van der Waals surface area contributed by atoms with Gasteiger partial charge in [-0.05, 0) is 12.1 Å². The summed E-state index contributed by atoms with van der Waals surface area (Å²) in [6.45, 7) is 0.275. The Bertz CT molecular complexity index is 583. The molecule has 0 aliphatic rings. The normalized spacial score (nSPS) is 10.4. The van der Waals surface area contributed by atoms with E-state index in [9.17, 15) is 9.90 Å². The van der Waals surface area contributed by atoms with Crippen LogP contribution in [0.2, 0.25) is 0 Å². The molecule has 0 aliphatic carbocycles. The fourth-order valence-corrected chi connectivity index (χ4v) is 1.89. The second-order valence-electron chi connectivity index (χ2n) is 4.38. The Morgan fingerprint density at radius 1 is 1.38 bits per heavy atom. The van der Waals surface area contributed by atoms with Crippen molar-refractivity contribution in [2.75, 3.05) is 13.7 Å². The number of rotatable bonds is 7. The zero-order chi connectivity index (χ0) is 15.1. The molecule has 1 aromatic carbocycles. The van der Waals surface area contributed by atoms with E-state index in [1.54, 1.807) is 7.05 Å². The summed E-state index contributed by atoms with van der Waals surface area (Å²) < 4.78 is 7.10. The first-order valence-electron chi connectivity index (χ1n) is 6.65. The first-order valence-corrected chi connectivity index (χ1v) is 6.65. The fraction of sp³-hybridized carbons (Fsp3) is 0.357. The number of hydrogen-bond acceptors (Lipinski definition) is 5. The highest BCUT2D eigenvalue weighted by Gasteiger charge is 2.14. The first kappa shape index (κ1) is 15.0. The first-order chi connectivity index (χ1) is 10.2. The largest absolute Gasteiger partial charge is 0.493 e. The lowest BCUT2D eigenvalue weighted by Crippen LogP contribution is -2.25. The molecule has 0 radical (unpaired) electrons. The summed E-state index contributed by atoms with van der Waals surface area (Å²) in [5.74, 6) is 0.600. The molecule has 2 N–H and O–H groups in total. The molecule has 1 heterocycles. The van der Waals surface area contributed by atoms with Gasteiger partial charge in [0.15, 0.2) is 0 Å². The minimum atomic E-state index is -0.214. The van der Waals surface area contributed by atoms with Crippen molar-refractivity contribution >= 4 is 5.91 Å². The number of hydrogen-bond donors (Lipinski definition) is 2. The number of carbonyl (C=O) groups excluding carboxylic acids is 1. The molecule has 112 valence electrons. The maximum Gasteiger partial charge on any atom is 0.241 e. The molecule has 1 amide bonds. The van der Waals surface area contributed by atoms with Crippen LogP contribution >= 0.6 is 0 Å². The lowest BCUT2D eigenvalue weighted by Gasteiger charge is -2.08. The van der Waals surface area contributed by atoms with E-state index >= 15 is 0 Å². The number of nitrogens with zero attached hydrogens (tertiary/aromatic N) is 3. The number of para-hydroxylation sites is 1. The van der Waals surface area contributed by atoms with Crippen LogP contribution in [-0.4, -0.2) is 39.7 Å². The maximum absolute atomic E-state index is 11.4. The highest BCUT2D eigenvalue weighted by Crippen LogP contribution is 2.11. The maximum atomic E-state index is 11.4. The van der Waals surface area contributed by atoms with Gasteiger partial charge in [0.2, 0.25) is 5.91 Å². The Morgan fingerprint density at radius 2 is 2.14 bits per heavy atom. The van der Waals surface area contributed by atoms with Gasteiger partial charge in [0, 0.05) is 13.5 Å². The third kappa shape index (κ3) is 4.03. The SMILES string of the molecule is CNC(=O)Cn1nnc(CO)c1CCOc1ccccc1. The van der Waals surface area contributed by atoms with Crippen molar-refractivity contribution in [1.29, 1.82) is 0 Å². The summed E-state index contributed by atoms with van der Waals surface area (Å²) in [6.07, 6.45) is 0.509. The number of ether oxygens (including phenoxy) is 1. The van der Waals surface area contributed by atoms with Crippen molar-refractivity contribution < 1.29 is 14.6 Å². The van der Waals surface area contributed by atoms with E-state index < -0.39 is 0 Å². The Labute approximate surface area is 122 Å². The van der Waals surface area contributed by atoms with Crippen molar-refractivity contribution in [3.63, 3.8) is 0 Å². The number of amides is 1. The molecule has 0 aliphatic heterocycles. The molecule has 2 aromatic rings. The number of likely N-dealkylation sites (N-methyl/N-ethyl adjacent to an activating group) is 1. The number of nitrogens with one attached hydrogen (secondary N) is 1. The third-order valence-electron chi connectivity index (χ3n) is 2.99. The molecule has 0 bridgehead atoms. The molecule has 0 unspecified atom stereocenters. The number of benzene rings is 1. The van der Waals surface area contributed by atoms with Gasteiger partial charge in [0.05, 0.1) is 18.9 Å². The second-order valence-corrected chi connectivity index (χ2v) is 4.38. The predicted octanol–water partition coefficient (Wildman–Crippen LogP) is 0.138. The zero-order valence-corrected chi connectivity index (χ0v) is 11.8. The van der Waals surface area contributed by atoms with Crippen molar-refractivity contribution in [3.8, 4) is 5.75 Å². The van der Waals surface area contributed by atoms with E-state index in [1.165, 1.54) is 4.68 Å². The third-order valence-corrected chi connectivity index (χ3v) is 2.99. The van der Waals surface area contributed by atoms with Crippen molar-refractivity contribution in [2.24, 2.45) is 0 Å². The molecule has 1 aromatic heterocycles. The van der Waals surface area contributed by atoms with Crippen LogP contribution in [0.15, 0.2) is 30.3 Å². The van der Waals surface area contributed by atoms with Gasteiger partial charge in [-0.2, -0.15) is 0 Å². The number of carbonyl (C=O) groups is 1. The van der Waals surface area contributed by atoms with Crippen LogP contribution in [0.3, 0.4) is 0 Å². The average Bonchev–Trinajstić information content (AvgIpc) is 2.90. The Morgan fingerprint density at radius 3 is 2.81 bits per heavy atom. The van der Waals surface area contributed by atoms with Crippen molar-refractivity contribution in [1.82, 2.24) is 20.3 Å². The molecule has 7 heteroatoms. The predicted molar refractivity (Wildman–Crippen MR) is 75.7 cm³/mol. The zero-order valence-electron chi connectivity index (χ0n) is 11.8. The van der Waals surface area contributed by atoms with E-state index in [2.05, 4.69) is 15.6 Å². The van der Waals surface area contributed by atoms with E-state index in [4.69, 9.17) is 4.74 Å². The Balaban J connectivity index is 2.00. The van der Waals surface area contributed by atoms with Crippen molar-refractivity contribution in [2.45, 2.75) is 19.6 Å². The summed E-state index contributed by atoms with van der Waals surface area (Å²) in [4.78, 5) is 11.4. The summed E-state index contributed by atoms with van der Waals surface area (Å²) >= 11 is 0. The van der Waals surface area contributed by atoms with Gasteiger partial charge in [-0.3, -0.25) is 4.79 Å². The molecule has 0 spiro atoms. The highest BCUT2D eigenvalue weighted by molar-refractivity contribution is 5.75. The van der Waals surface area contributed by atoms with Gasteiger partial charge in [-0.15, -0.1) is 5.10 Å². The Hall–Kier alpha value is -2.41. The Kier molecular flexibility index (Phi) is 5.28. The van der Waals surface area contributed by atoms with E-state index in [0.717, 1.165) is 5.75 Å². The molecule has 0 saturated carbocycles. The van der Waals surface area contributed by atoms with Gasteiger partial charge in [0.25, 0.3) is 0 Å². The molecule has 0 fully saturated rings. The second kappa shape index (κ2) is 7.39. The molecule has 21 heavy (non-hydrogen) atoms. The summed E-state index contributed by atoms with van der Waals surface area (Å²) in [5, 5.41) is 19.6. The minimum absolute atomic E-state index is 0.0736. The number of aromatic nitrogens is 3. The standard InChI is InChI=1S/C14H18N4O3/c1-15-14(20)9-18-13(12(10-19)16-17-18)7-8-21-11-5-3-2-4-6-11/h2-6,19H,7-10H2,1H3,(H,15,20). The topological polar surface area (TPSA) is 89.3 Å². The van der Waals surface area contributed by atoms with Crippen LogP contribution in [-0.2, 0) is 24.4 Å². The highest BCUT2D eigenvalue weighted by atomic mass is 16.5. The van der Waals surface area contributed by atoms with Gasteiger partial charge in [-0.25, -0.2) is 4.68 Å². The van der Waals surface area contributed by atoms with Gasteiger partial charge in [-0.1, -0.05) is 23.4 Å². The molecular formula is C14H18N4O3. The molecule has 0 atom stereocenters. The summed E-state index contributed by atoms with van der Waals surface area (Å²) in [5.41, 5.74) is 1.17. The average molecular weight is 290 g/mol. The quantitative estimate of drug-likeness (QED) is 0.757. The van der Waals surface area contributed by atoms with Crippen LogP contribution in [0.25, 0.3) is 0 Å². The lowest BCUT2D eigenvalue weighted by atomic mass is 10.2. The monoisotopic (exact) mass is 290 g/mol. The van der Waals surface area contributed by atoms with Crippen molar-refractivity contribution in [3.05, 3.63) is 41.7 Å². The summed E-state index contributed by atoms with van der Waals surface area (Å²) in [6, 6.07) is 9.44. The molecular weight excluding hydrogens is 272 g/mol. The van der Waals surface area contributed by atoms with Crippen LogP contribution in [0.1, 0.15) is 11.4 Å². The van der Waals surface area contributed by atoms with Crippen LogP contribution in [0.5, 0.6) is 5.75 Å². The molecule has 7 nitrogen and oxygen atoms in total. The van der Waals surface area contributed by atoms with Crippen LogP contribution in [0.4, 0.5) is 0 Å². The number of aliphatic hydroxyl groups is 1. The summed E-state index contributed by atoms with van der Waals surface area (Å²) in [7, 11) is 1.56. The molecule has 0 saturated heterocycles. The smallest absolute Gasteiger partial charge is 0.241 e. The van der Waals surface area contributed by atoms with E-state index in [1.807, 2.05) is 30.3 Å². The van der Waals surface area contributed by atoms with Gasteiger partial charge < -0.3 is 15.2 Å². The minimum Gasteiger partial charge on any atom is -0.493 e. The van der Waals surface area contributed by atoms with Gasteiger partial charge >= 0.3 is 0 Å². The fourth-order valence-electron chi connectivity index (χ4n) is 1.89. The number of aliphatic hydroxyl groups excluding tert-OH is 1. The lowest BCUT2D eigenvalue weighted by molar-refractivity contribution is -0.121. The van der Waals surface area contributed by atoms with Gasteiger partial charge in [0.1, 0.15) is 18.0 Å². The van der Waals surface area contributed by atoms with E-state index in [0.29, 0.717) is 24.4 Å². The van der Waals surface area contributed by atoms with Crippen LogP contribution < -0.4 is 10.1 Å². The van der Waals surface area contributed by atoms with Crippen LogP contribution in [0, 0.1) is 0 Å².